The van der Waals surface area contributed by atoms with Gasteiger partial charge in [0.15, 0.2) is 0 Å². The van der Waals surface area contributed by atoms with Gasteiger partial charge in [0.25, 0.3) is 0 Å². The van der Waals surface area contributed by atoms with Crippen LogP contribution in [0, 0.1) is 27.7 Å². The normalized spacial score (nSPS) is 17.8. The molecule has 5 rings (SSSR count). The van der Waals surface area contributed by atoms with Crippen LogP contribution in [0.4, 0.5) is 0 Å². The SMILES string of the molecule is Cc1c(C)c(-c2cccc3c2CCC3Oc2ccc3c(c2)SCC3CC(=O)O)c(C)c(C)c1OCCCS(C)(=O)=O. The molecule has 0 saturated carbocycles. The highest BCUT2D eigenvalue weighted by Crippen LogP contribution is 2.46. The Labute approximate surface area is 247 Å². The summed E-state index contributed by atoms with van der Waals surface area (Å²) in [6, 6.07) is 12.6. The summed E-state index contributed by atoms with van der Waals surface area (Å²) in [5, 5.41) is 9.23. The van der Waals surface area contributed by atoms with Crippen LogP contribution in [0.2, 0.25) is 0 Å². The Morgan fingerprint density at radius 1 is 1.02 bits per heavy atom. The third-order valence-corrected chi connectivity index (χ3v) is 10.8. The van der Waals surface area contributed by atoms with Crippen LogP contribution in [0.25, 0.3) is 11.1 Å². The molecule has 2 atom stereocenters. The molecule has 8 heteroatoms. The van der Waals surface area contributed by atoms with Crippen molar-refractivity contribution in [2.24, 2.45) is 0 Å². The Balaban J connectivity index is 1.39. The summed E-state index contributed by atoms with van der Waals surface area (Å²) in [5.41, 5.74) is 10.6. The molecule has 0 bridgehead atoms. The van der Waals surface area contributed by atoms with Crippen LogP contribution in [0.1, 0.15) is 70.2 Å². The van der Waals surface area contributed by atoms with Gasteiger partial charge >= 0.3 is 5.97 Å². The molecule has 1 aliphatic heterocycles. The number of ether oxygens (including phenoxy) is 2. The summed E-state index contributed by atoms with van der Waals surface area (Å²) in [6.45, 7) is 8.82. The van der Waals surface area contributed by atoms with Gasteiger partial charge in [-0.15, -0.1) is 11.8 Å². The average Bonchev–Trinajstić information content (AvgIpc) is 3.50. The van der Waals surface area contributed by atoms with Gasteiger partial charge in [0, 0.05) is 22.8 Å². The zero-order chi connectivity index (χ0) is 29.5. The largest absolute Gasteiger partial charge is 0.493 e. The molecular weight excluding hydrogens is 556 g/mol. The summed E-state index contributed by atoms with van der Waals surface area (Å²) in [5.74, 6) is 1.89. The second-order valence-electron chi connectivity index (χ2n) is 11.4. The van der Waals surface area contributed by atoms with Crippen molar-refractivity contribution in [3.8, 4) is 22.6 Å². The number of rotatable bonds is 10. The van der Waals surface area contributed by atoms with E-state index in [4.69, 9.17) is 9.47 Å². The van der Waals surface area contributed by atoms with Crippen molar-refractivity contribution in [1.82, 2.24) is 0 Å². The van der Waals surface area contributed by atoms with Crippen LogP contribution in [0.5, 0.6) is 11.5 Å². The van der Waals surface area contributed by atoms with Gasteiger partial charge < -0.3 is 14.6 Å². The molecule has 0 aromatic heterocycles. The first-order valence-electron chi connectivity index (χ1n) is 14.1. The van der Waals surface area contributed by atoms with Gasteiger partial charge in [0.05, 0.1) is 18.8 Å². The van der Waals surface area contributed by atoms with Gasteiger partial charge in [0.1, 0.15) is 27.4 Å². The van der Waals surface area contributed by atoms with E-state index in [0.717, 1.165) is 51.7 Å². The lowest BCUT2D eigenvalue weighted by molar-refractivity contribution is -0.137. The molecule has 3 aromatic carbocycles. The van der Waals surface area contributed by atoms with Crippen molar-refractivity contribution in [3.63, 3.8) is 0 Å². The lowest BCUT2D eigenvalue weighted by atomic mass is 9.86. The molecule has 0 amide bonds. The predicted octanol–water partition coefficient (Wildman–Crippen LogP) is 7.13. The topological polar surface area (TPSA) is 89.9 Å². The van der Waals surface area contributed by atoms with Gasteiger partial charge in [-0.25, -0.2) is 8.42 Å². The second-order valence-corrected chi connectivity index (χ2v) is 14.7. The highest BCUT2D eigenvalue weighted by atomic mass is 32.2. The molecule has 1 heterocycles. The third-order valence-electron chi connectivity index (χ3n) is 8.51. The minimum atomic E-state index is -3.01. The van der Waals surface area contributed by atoms with E-state index in [1.165, 1.54) is 39.6 Å². The number of benzene rings is 3. The predicted molar refractivity (Wildman–Crippen MR) is 164 cm³/mol. The fourth-order valence-corrected chi connectivity index (χ4v) is 8.16. The van der Waals surface area contributed by atoms with E-state index in [1.807, 2.05) is 12.1 Å². The number of sulfone groups is 1. The number of aliphatic carboxylic acids is 1. The fraction of sp³-hybridized carbons (Fsp3) is 0.424. The zero-order valence-corrected chi connectivity index (χ0v) is 26.0. The molecule has 1 aliphatic carbocycles. The number of carbonyl (C=O) groups is 1. The zero-order valence-electron chi connectivity index (χ0n) is 24.4. The van der Waals surface area contributed by atoms with E-state index < -0.39 is 15.8 Å². The van der Waals surface area contributed by atoms with Gasteiger partial charge in [-0.3, -0.25) is 4.79 Å². The molecule has 1 N–H and O–H groups in total. The molecule has 6 nitrogen and oxygen atoms in total. The molecular formula is C33H38O6S2. The first-order chi connectivity index (χ1) is 19.4. The van der Waals surface area contributed by atoms with Crippen LogP contribution >= 0.6 is 11.8 Å². The first kappa shape index (κ1) is 29.5. The fourth-order valence-electron chi connectivity index (χ4n) is 6.24. The van der Waals surface area contributed by atoms with Crippen molar-refractivity contribution in [1.29, 1.82) is 0 Å². The minimum absolute atomic E-state index is 0.0375. The quantitative estimate of drug-likeness (QED) is 0.250. The Kier molecular flexibility index (Phi) is 8.44. The van der Waals surface area contributed by atoms with Crippen molar-refractivity contribution in [3.05, 3.63) is 75.3 Å². The summed E-state index contributed by atoms with van der Waals surface area (Å²) in [6.07, 6.45) is 3.67. The molecule has 41 heavy (non-hydrogen) atoms. The van der Waals surface area contributed by atoms with E-state index in [9.17, 15) is 18.3 Å². The van der Waals surface area contributed by atoms with Crippen molar-refractivity contribution in [2.45, 2.75) is 70.3 Å². The lowest BCUT2D eigenvalue weighted by Gasteiger charge is -2.23. The smallest absolute Gasteiger partial charge is 0.303 e. The highest BCUT2D eigenvalue weighted by Gasteiger charge is 2.30. The summed E-state index contributed by atoms with van der Waals surface area (Å²) in [7, 11) is -3.01. The number of carboxylic acids is 1. The monoisotopic (exact) mass is 594 g/mol. The van der Waals surface area contributed by atoms with Crippen LogP contribution in [0.15, 0.2) is 41.3 Å². The average molecular weight is 595 g/mol. The Morgan fingerprint density at radius 2 is 1.76 bits per heavy atom. The molecule has 0 spiro atoms. The van der Waals surface area contributed by atoms with Gasteiger partial charge in [0.2, 0.25) is 0 Å². The van der Waals surface area contributed by atoms with Crippen LogP contribution in [-0.4, -0.2) is 43.9 Å². The molecule has 3 aromatic rings. The number of fused-ring (bicyclic) bond motifs is 2. The Morgan fingerprint density at radius 3 is 2.44 bits per heavy atom. The molecule has 2 unspecified atom stereocenters. The van der Waals surface area contributed by atoms with E-state index in [-0.39, 0.29) is 24.2 Å². The van der Waals surface area contributed by atoms with E-state index in [0.29, 0.717) is 13.0 Å². The van der Waals surface area contributed by atoms with Crippen LogP contribution in [0.3, 0.4) is 0 Å². The van der Waals surface area contributed by atoms with Crippen LogP contribution < -0.4 is 9.47 Å². The molecule has 0 fully saturated rings. The molecule has 218 valence electrons. The molecule has 0 saturated heterocycles. The lowest BCUT2D eigenvalue weighted by Crippen LogP contribution is -2.10. The molecule has 0 radical (unpaired) electrons. The third kappa shape index (κ3) is 6.14. The van der Waals surface area contributed by atoms with Crippen molar-refractivity contribution >= 4 is 27.6 Å². The van der Waals surface area contributed by atoms with Gasteiger partial charge in [-0.05, 0) is 109 Å². The summed E-state index contributed by atoms with van der Waals surface area (Å²) in [4.78, 5) is 12.4. The van der Waals surface area contributed by atoms with Crippen molar-refractivity contribution < 1.29 is 27.8 Å². The highest BCUT2D eigenvalue weighted by molar-refractivity contribution is 7.99. The van der Waals surface area contributed by atoms with Gasteiger partial charge in [-0.2, -0.15) is 0 Å². The van der Waals surface area contributed by atoms with Crippen LogP contribution in [-0.2, 0) is 21.1 Å². The number of thioether (sulfide) groups is 1. The maximum Gasteiger partial charge on any atom is 0.303 e. The van der Waals surface area contributed by atoms with Crippen molar-refractivity contribution in [2.75, 3.05) is 24.4 Å². The van der Waals surface area contributed by atoms with E-state index in [1.54, 1.807) is 11.8 Å². The van der Waals surface area contributed by atoms with E-state index >= 15 is 0 Å². The maximum atomic E-state index is 11.5. The standard InChI is InChI=1S/C33H38O6S2/c1-19-21(3)33(38-14-7-15-41(5,36)37)22(4)20(2)32(19)28-9-6-8-27-26(28)12-13-29(27)39-24-10-11-25-23(16-31(34)35)18-40-30(25)17-24/h6,8-11,17,23,29H,7,12-16,18H2,1-5H3,(H,34,35). The number of hydrogen-bond donors (Lipinski definition) is 1. The summed E-state index contributed by atoms with van der Waals surface area (Å²) >= 11 is 1.71. The summed E-state index contributed by atoms with van der Waals surface area (Å²) < 4.78 is 35.7. The van der Waals surface area contributed by atoms with Gasteiger partial charge in [-0.1, -0.05) is 24.3 Å². The minimum Gasteiger partial charge on any atom is -0.493 e. The first-order valence-corrected chi connectivity index (χ1v) is 17.2. The number of hydrogen-bond acceptors (Lipinski definition) is 6. The Bertz CT molecular complexity index is 1580. The number of carboxylic acid groups (broad SMARTS) is 1. The maximum absolute atomic E-state index is 11.5. The second kappa shape index (κ2) is 11.7. The molecule has 2 aliphatic rings. The van der Waals surface area contributed by atoms with E-state index in [2.05, 4.69) is 52.0 Å². The Hall–Kier alpha value is -2.97.